The van der Waals surface area contributed by atoms with Gasteiger partial charge in [0.05, 0.1) is 12.3 Å². The van der Waals surface area contributed by atoms with E-state index in [4.69, 9.17) is 4.74 Å². The minimum absolute atomic E-state index is 0.0623. The van der Waals surface area contributed by atoms with E-state index in [2.05, 4.69) is 5.32 Å². The summed E-state index contributed by atoms with van der Waals surface area (Å²) in [6, 6.07) is 9.50. The second-order valence-corrected chi connectivity index (χ2v) is 4.45. The Morgan fingerprint density at radius 2 is 1.86 bits per heavy atom. The Bertz CT molecular complexity index is 627. The van der Waals surface area contributed by atoms with E-state index in [1.807, 2.05) is 6.92 Å². The van der Waals surface area contributed by atoms with Gasteiger partial charge in [0.25, 0.3) is 5.91 Å². The highest BCUT2D eigenvalue weighted by atomic mass is 19.1. The summed E-state index contributed by atoms with van der Waals surface area (Å²) in [6.45, 7) is 2.60. The molecule has 2 rings (SSSR count). The molecule has 3 nitrogen and oxygen atoms in total. The third kappa shape index (κ3) is 4.02. The predicted octanol–water partition coefficient (Wildman–Crippen LogP) is 4.01. The highest BCUT2D eigenvalue weighted by molar-refractivity contribution is 6.04. The molecule has 5 heteroatoms. The third-order valence-corrected chi connectivity index (χ3v) is 2.77. The lowest BCUT2D eigenvalue weighted by molar-refractivity contribution is 0.102. The molecular weight excluding hydrogens is 276 g/mol. The number of carbonyl (C=O) groups is 1. The molecule has 1 amide bonds. The summed E-state index contributed by atoms with van der Waals surface area (Å²) < 4.78 is 31.6. The number of halogens is 2. The zero-order valence-corrected chi connectivity index (χ0v) is 11.5. The van der Waals surface area contributed by atoms with Gasteiger partial charge < -0.3 is 10.1 Å². The van der Waals surface area contributed by atoms with E-state index in [0.29, 0.717) is 17.9 Å². The summed E-state index contributed by atoms with van der Waals surface area (Å²) in [5, 5.41) is 2.39. The van der Waals surface area contributed by atoms with Gasteiger partial charge in [-0.2, -0.15) is 0 Å². The highest BCUT2D eigenvalue weighted by Crippen LogP contribution is 2.17. The van der Waals surface area contributed by atoms with Crippen molar-refractivity contribution >= 4 is 11.6 Å². The first-order valence-corrected chi connectivity index (χ1v) is 6.59. The molecule has 0 radical (unpaired) electrons. The average molecular weight is 291 g/mol. The second kappa shape index (κ2) is 6.83. The fourth-order valence-corrected chi connectivity index (χ4v) is 1.71. The monoisotopic (exact) mass is 291 g/mol. The lowest BCUT2D eigenvalue weighted by Gasteiger charge is -2.08. The van der Waals surface area contributed by atoms with E-state index in [1.54, 1.807) is 24.3 Å². The lowest BCUT2D eigenvalue weighted by Crippen LogP contribution is -2.13. The standard InChI is InChI=1S/C16H15F2NO2/c1-2-9-21-13-6-3-11(4-7-13)16(20)19-15-8-5-12(17)10-14(15)18/h3-8,10H,2,9H2,1H3,(H,19,20). The first-order valence-electron chi connectivity index (χ1n) is 6.59. The van der Waals surface area contributed by atoms with Gasteiger partial charge >= 0.3 is 0 Å². The number of ether oxygens (including phenoxy) is 1. The van der Waals surface area contributed by atoms with Crippen molar-refractivity contribution in [3.63, 3.8) is 0 Å². The Kier molecular flexibility index (Phi) is 4.87. The van der Waals surface area contributed by atoms with Crippen LogP contribution in [-0.4, -0.2) is 12.5 Å². The maximum atomic E-state index is 13.5. The molecular formula is C16H15F2NO2. The van der Waals surface area contributed by atoms with E-state index < -0.39 is 17.5 Å². The Morgan fingerprint density at radius 3 is 2.48 bits per heavy atom. The van der Waals surface area contributed by atoms with E-state index in [1.165, 1.54) is 6.07 Å². The van der Waals surface area contributed by atoms with Crippen LogP contribution >= 0.6 is 0 Å². The highest BCUT2D eigenvalue weighted by Gasteiger charge is 2.10. The van der Waals surface area contributed by atoms with Gasteiger partial charge in [0.15, 0.2) is 0 Å². The predicted molar refractivity (Wildman–Crippen MR) is 76.5 cm³/mol. The molecule has 0 aliphatic rings. The van der Waals surface area contributed by atoms with Crippen LogP contribution in [0.2, 0.25) is 0 Å². The van der Waals surface area contributed by atoms with Crippen LogP contribution in [0.1, 0.15) is 23.7 Å². The van der Waals surface area contributed by atoms with Gasteiger partial charge in [-0.15, -0.1) is 0 Å². The smallest absolute Gasteiger partial charge is 0.255 e. The van der Waals surface area contributed by atoms with E-state index in [9.17, 15) is 13.6 Å². The molecule has 21 heavy (non-hydrogen) atoms. The molecule has 2 aromatic rings. The van der Waals surface area contributed by atoms with Crippen molar-refractivity contribution < 1.29 is 18.3 Å². The Hall–Kier alpha value is -2.43. The summed E-state index contributed by atoms with van der Waals surface area (Å²) >= 11 is 0. The van der Waals surface area contributed by atoms with Crippen LogP contribution in [0, 0.1) is 11.6 Å². The summed E-state index contributed by atoms with van der Waals surface area (Å²) in [4.78, 5) is 12.0. The van der Waals surface area contributed by atoms with Crippen LogP contribution in [-0.2, 0) is 0 Å². The van der Waals surface area contributed by atoms with Crippen molar-refractivity contribution in [1.82, 2.24) is 0 Å². The van der Waals surface area contributed by atoms with Gasteiger partial charge in [0.1, 0.15) is 17.4 Å². The molecule has 0 atom stereocenters. The minimum atomic E-state index is -0.814. The number of anilines is 1. The minimum Gasteiger partial charge on any atom is -0.494 e. The van der Waals surface area contributed by atoms with Gasteiger partial charge in [-0.3, -0.25) is 4.79 Å². The maximum absolute atomic E-state index is 13.5. The van der Waals surface area contributed by atoms with Crippen LogP contribution < -0.4 is 10.1 Å². The lowest BCUT2D eigenvalue weighted by atomic mass is 10.2. The number of benzene rings is 2. The summed E-state index contributed by atoms with van der Waals surface area (Å²) in [5.74, 6) is -1.31. The van der Waals surface area contributed by atoms with Gasteiger partial charge in [-0.25, -0.2) is 8.78 Å². The molecule has 0 saturated carbocycles. The van der Waals surface area contributed by atoms with E-state index in [-0.39, 0.29) is 5.69 Å². The number of hydrogen-bond donors (Lipinski definition) is 1. The van der Waals surface area contributed by atoms with Crippen molar-refractivity contribution in [1.29, 1.82) is 0 Å². The van der Waals surface area contributed by atoms with Crippen LogP contribution in [0.15, 0.2) is 42.5 Å². The first kappa shape index (κ1) is 15.0. The first-order chi connectivity index (χ1) is 10.1. The fraction of sp³-hybridized carbons (Fsp3) is 0.188. The van der Waals surface area contributed by atoms with E-state index in [0.717, 1.165) is 18.6 Å². The summed E-state index contributed by atoms with van der Waals surface area (Å²) in [7, 11) is 0. The van der Waals surface area contributed by atoms with Crippen LogP contribution in [0.25, 0.3) is 0 Å². The molecule has 0 aromatic heterocycles. The topological polar surface area (TPSA) is 38.3 Å². The Morgan fingerprint density at radius 1 is 1.14 bits per heavy atom. The molecule has 0 bridgehead atoms. The molecule has 0 aliphatic heterocycles. The zero-order valence-electron chi connectivity index (χ0n) is 11.5. The van der Waals surface area contributed by atoms with Crippen LogP contribution in [0.3, 0.4) is 0 Å². The molecule has 0 heterocycles. The summed E-state index contributed by atoms with van der Waals surface area (Å²) in [6.07, 6.45) is 0.895. The number of nitrogens with one attached hydrogen (secondary N) is 1. The Balaban J connectivity index is 2.06. The molecule has 0 unspecified atom stereocenters. The normalized spacial score (nSPS) is 10.2. The molecule has 0 spiro atoms. The van der Waals surface area contributed by atoms with Crippen molar-refractivity contribution in [2.75, 3.05) is 11.9 Å². The van der Waals surface area contributed by atoms with Crippen molar-refractivity contribution in [3.8, 4) is 5.75 Å². The number of amides is 1. The zero-order chi connectivity index (χ0) is 15.2. The fourth-order valence-electron chi connectivity index (χ4n) is 1.71. The maximum Gasteiger partial charge on any atom is 0.255 e. The van der Waals surface area contributed by atoms with Gasteiger partial charge in [-0.1, -0.05) is 6.92 Å². The van der Waals surface area contributed by atoms with Gasteiger partial charge in [0.2, 0.25) is 0 Å². The van der Waals surface area contributed by atoms with Gasteiger partial charge in [0, 0.05) is 11.6 Å². The Labute approximate surface area is 121 Å². The van der Waals surface area contributed by atoms with Crippen LogP contribution in [0.5, 0.6) is 5.75 Å². The SMILES string of the molecule is CCCOc1ccc(C(=O)Nc2ccc(F)cc2F)cc1. The molecule has 110 valence electrons. The largest absolute Gasteiger partial charge is 0.494 e. The molecule has 0 fully saturated rings. The van der Waals surface area contributed by atoms with Crippen LogP contribution in [0.4, 0.5) is 14.5 Å². The number of rotatable bonds is 5. The number of carbonyl (C=O) groups excluding carboxylic acids is 1. The molecule has 1 N–H and O–H groups in total. The second-order valence-electron chi connectivity index (χ2n) is 4.45. The summed E-state index contributed by atoms with van der Waals surface area (Å²) in [5.41, 5.74) is 0.301. The average Bonchev–Trinajstić information content (AvgIpc) is 2.48. The molecule has 0 aliphatic carbocycles. The van der Waals surface area contributed by atoms with Crippen molar-refractivity contribution in [2.45, 2.75) is 13.3 Å². The molecule has 2 aromatic carbocycles. The van der Waals surface area contributed by atoms with Crippen molar-refractivity contribution in [3.05, 3.63) is 59.7 Å². The number of hydrogen-bond acceptors (Lipinski definition) is 2. The van der Waals surface area contributed by atoms with E-state index >= 15 is 0 Å². The van der Waals surface area contributed by atoms with Gasteiger partial charge in [-0.05, 0) is 42.8 Å². The third-order valence-electron chi connectivity index (χ3n) is 2.77. The van der Waals surface area contributed by atoms with Crippen molar-refractivity contribution in [2.24, 2.45) is 0 Å². The molecule has 0 saturated heterocycles. The quantitative estimate of drug-likeness (QED) is 0.904.